The Labute approximate surface area is 314 Å². The van der Waals surface area contributed by atoms with E-state index in [2.05, 4.69) is 51.7 Å². The summed E-state index contributed by atoms with van der Waals surface area (Å²) in [5, 5.41) is 31.8. The molecule has 0 saturated heterocycles. The topological polar surface area (TPSA) is 186 Å². The Morgan fingerprint density at radius 1 is 1.00 bits per heavy atom. The molecule has 12 nitrogen and oxygen atoms in total. The average Bonchev–Trinajstić information content (AvgIpc) is 3.60. The number of aromatic nitrogens is 2. The van der Waals surface area contributed by atoms with Crippen LogP contribution in [0.5, 0.6) is 0 Å². The zero-order valence-corrected chi connectivity index (χ0v) is 31.5. The van der Waals surface area contributed by atoms with Crippen molar-refractivity contribution in [2.45, 2.75) is 96.2 Å². The number of nitrogens with zero attached hydrogens (tertiary/aromatic N) is 1. The molecule has 1 fully saturated rings. The average molecular weight is 754 g/mol. The van der Waals surface area contributed by atoms with Crippen molar-refractivity contribution in [1.29, 1.82) is 0 Å². The van der Waals surface area contributed by atoms with Crippen LogP contribution >= 0.6 is 24.8 Å². The number of carbonyl (C=O) groups excluding carboxylic acids is 3. The van der Waals surface area contributed by atoms with Gasteiger partial charge in [0.05, 0.1) is 36.6 Å². The molecule has 1 saturated carbocycles. The van der Waals surface area contributed by atoms with Crippen LogP contribution < -0.4 is 21.3 Å². The molecule has 7 N–H and O–H groups in total. The molecular weight excluding hydrogens is 695 g/mol. The summed E-state index contributed by atoms with van der Waals surface area (Å²) in [6.45, 7) is 8.38. The molecule has 3 amide bonds. The third kappa shape index (κ3) is 17.1. The van der Waals surface area contributed by atoms with Crippen molar-refractivity contribution in [2.75, 3.05) is 19.6 Å². The fourth-order valence-electron chi connectivity index (χ4n) is 6.51. The SMILES string of the molecule is C=C[C@@H](C[C@H](O)[C@H](CC1CCCCC1)NC(=O)[C@H](Cc1c[nH]cn1)NC(=O)C(CC(=O)NCCNCC(=O)O)Cc1ccccc1)C(C)C.Cl.Cl. The summed E-state index contributed by atoms with van der Waals surface area (Å²) in [6, 6.07) is 7.85. The van der Waals surface area contributed by atoms with Crippen LogP contribution in [0, 0.1) is 23.7 Å². The number of aliphatic carboxylic acids is 1. The van der Waals surface area contributed by atoms with E-state index in [0.717, 1.165) is 31.2 Å². The van der Waals surface area contributed by atoms with Crippen molar-refractivity contribution in [3.63, 3.8) is 0 Å². The molecule has 1 heterocycles. The Balaban J connectivity index is 0.00000650. The number of H-pyrrole nitrogens is 1. The molecule has 51 heavy (non-hydrogen) atoms. The molecule has 0 radical (unpaired) electrons. The van der Waals surface area contributed by atoms with E-state index in [1.54, 1.807) is 6.20 Å². The maximum Gasteiger partial charge on any atom is 0.317 e. The second kappa shape index (κ2) is 24.7. The Hall–Kier alpha value is -3.45. The van der Waals surface area contributed by atoms with E-state index in [-0.39, 0.29) is 81.5 Å². The molecule has 3 rings (SSSR count). The summed E-state index contributed by atoms with van der Waals surface area (Å²) in [6.07, 6.45) is 11.2. The van der Waals surface area contributed by atoms with Gasteiger partial charge in [0.1, 0.15) is 6.04 Å². The fourth-order valence-corrected chi connectivity index (χ4v) is 6.51. The minimum Gasteiger partial charge on any atom is -0.480 e. The van der Waals surface area contributed by atoms with Crippen molar-refractivity contribution >= 4 is 48.5 Å². The number of carboxylic acids is 1. The van der Waals surface area contributed by atoms with Crippen LogP contribution in [0.2, 0.25) is 0 Å². The molecule has 2 aromatic rings. The highest BCUT2D eigenvalue weighted by Gasteiger charge is 2.33. The van der Waals surface area contributed by atoms with Gasteiger partial charge in [0, 0.05) is 32.1 Å². The number of aliphatic hydroxyl groups is 1. The smallest absolute Gasteiger partial charge is 0.317 e. The van der Waals surface area contributed by atoms with Crippen molar-refractivity contribution in [3.05, 3.63) is 66.8 Å². The number of carbonyl (C=O) groups is 4. The number of carboxylic acid groups (broad SMARTS) is 1. The van der Waals surface area contributed by atoms with E-state index in [9.17, 15) is 24.3 Å². The van der Waals surface area contributed by atoms with E-state index in [0.29, 0.717) is 24.5 Å². The van der Waals surface area contributed by atoms with Crippen molar-refractivity contribution < 1.29 is 29.4 Å². The lowest BCUT2D eigenvalue weighted by atomic mass is 9.81. The summed E-state index contributed by atoms with van der Waals surface area (Å²) in [5.41, 5.74) is 1.45. The normalized spacial score (nSPS) is 15.9. The Bertz CT molecular complexity index is 1310. The molecule has 1 unspecified atom stereocenters. The van der Waals surface area contributed by atoms with Gasteiger partial charge in [0.25, 0.3) is 0 Å². The largest absolute Gasteiger partial charge is 0.480 e. The summed E-state index contributed by atoms with van der Waals surface area (Å²) in [4.78, 5) is 58.9. The predicted octanol–water partition coefficient (Wildman–Crippen LogP) is 3.98. The van der Waals surface area contributed by atoms with Crippen LogP contribution in [-0.2, 0) is 32.0 Å². The molecule has 1 aliphatic rings. The minimum atomic E-state index is -1.00. The molecule has 1 aliphatic carbocycles. The Kier molecular flexibility index (Phi) is 22.1. The minimum absolute atomic E-state index is 0. The fraction of sp³-hybridized carbons (Fsp3) is 0.595. The van der Waals surface area contributed by atoms with Crippen LogP contribution in [-0.4, -0.2) is 81.7 Å². The number of allylic oxidation sites excluding steroid dienone is 1. The number of aliphatic hydroxyl groups excluding tert-OH is 1. The second-order valence-electron chi connectivity index (χ2n) is 13.6. The van der Waals surface area contributed by atoms with Crippen LogP contribution in [0.4, 0.5) is 0 Å². The first-order valence-electron chi connectivity index (χ1n) is 17.7. The van der Waals surface area contributed by atoms with Crippen molar-refractivity contribution in [2.24, 2.45) is 23.7 Å². The number of rotatable bonds is 22. The first-order valence-corrected chi connectivity index (χ1v) is 17.7. The first kappa shape index (κ1) is 45.6. The number of benzene rings is 1. The van der Waals surface area contributed by atoms with Crippen molar-refractivity contribution in [3.8, 4) is 0 Å². The first-order chi connectivity index (χ1) is 23.5. The van der Waals surface area contributed by atoms with Gasteiger partial charge in [-0.1, -0.05) is 82.4 Å². The quantitative estimate of drug-likeness (QED) is 0.0696. The van der Waals surface area contributed by atoms with Gasteiger partial charge in [-0.25, -0.2) is 4.98 Å². The lowest BCUT2D eigenvalue weighted by Gasteiger charge is -2.33. The molecule has 286 valence electrons. The van der Waals surface area contributed by atoms with E-state index in [1.807, 2.05) is 36.4 Å². The molecule has 0 bridgehead atoms. The third-order valence-electron chi connectivity index (χ3n) is 9.41. The summed E-state index contributed by atoms with van der Waals surface area (Å²) < 4.78 is 0. The van der Waals surface area contributed by atoms with Gasteiger partial charge in [0.15, 0.2) is 0 Å². The van der Waals surface area contributed by atoms with Gasteiger partial charge in [-0.3, -0.25) is 19.2 Å². The lowest BCUT2D eigenvalue weighted by Crippen LogP contribution is -2.55. The number of imidazole rings is 1. The number of nitrogens with one attached hydrogen (secondary N) is 5. The van der Waals surface area contributed by atoms with Crippen molar-refractivity contribution in [1.82, 2.24) is 31.2 Å². The van der Waals surface area contributed by atoms with Gasteiger partial charge in [-0.15, -0.1) is 31.4 Å². The molecule has 5 atom stereocenters. The standard InChI is InChI=1S/C37H56N6O6.2ClH/c1-4-28(25(2)3)19-33(44)31(18-27-13-9-6-10-14-27)42-37(49)32(21-30-22-39-24-41-30)43-36(48)29(17-26-11-7-5-8-12-26)20-34(45)40-16-15-38-23-35(46)47;;/h4-5,7-8,11-12,22,24-25,27-29,31-33,38,44H,1,6,9-10,13-21,23H2,2-3H3,(H,39,41)(H,40,45)(H,42,49)(H,43,48)(H,46,47);2*1H/t28-,29?,31-,32-,33-;;/m0../s1. The zero-order chi connectivity index (χ0) is 35.6. The molecule has 1 aromatic heterocycles. The lowest BCUT2D eigenvalue weighted by molar-refractivity contribution is -0.136. The number of halogens is 2. The summed E-state index contributed by atoms with van der Waals surface area (Å²) in [7, 11) is 0. The summed E-state index contributed by atoms with van der Waals surface area (Å²) >= 11 is 0. The maximum atomic E-state index is 14.1. The molecule has 1 aromatic carbocycles. The number of hydrogen-bond acceptors (Lipinski definition) is 7. The third-order valence-corrected chi connectivity index (χ3v) is 9.41. The highest BCUT2D eigenvalue weighted by molar-refractivity contribution is 5.91. The van der Waals surface area contributed by atoms with Crippen LogP contribution in [0.25, 0.3) is 0 Å². The number of amides is 3. The monoisotopic (exact) mass is 752 g/mol. The predicted molar refractivity (Wildman–Crippen MR) is 203 cm³/mol. The Morgan fingerprint density at radius 2 is 1.71 bits per heavy atom. The van der Waals surface area contributed by atoms with Gasteiger partial charge < -0.3 is 36.5 Å². The van der Waals surface area contributed by atoms with E-state index in [4.69, 9.17) is 5.11 Å². The van der Waals surface area contributed by atoms with Crippen LogP contribution in [0.15, 0.2) is 55.5 Å². The summed E-state index contributed by atoms with van der Waals surface area (Å²) in [5.74, 6) is -2.25. The van der Waals surface area contributed by atoms with E-state index in [1.165, 1.54) is 12.7 Å². The molecule has 0 aliphatic heterocycles. The highest BCUT2D eigenvalue weighted by atomic mass is 35.5. The number of aromatic amines is 1. The van der Waals surface area contributed by atoms with Crippen LogP contribution in [0.1, 0.15) is 76.5 Å². The second-order valence-corrected chi connectivity index (χ2v) is 13.6. The van der Waals surface area contributed by atoms with E-state index >= 15 is 0 Å². The van der Waals surface area contributed by atoms with E-state index < -0.39 is 41.9 Å². The zero-order valence-electron chi connectivity index (χ0n) is 29.9. The van der Waals surface area contributed by atoms with Gasteiger partial charge in [0.2, 0.25) is 17.7 Å². The highest BCUT2D eigenvalue weighted by Crippen LogP contribution is 2.30. The van der Waals surface area contributed by atoms with Crippen LogP contribution in [0.3, 0.4) is 0 Å². The molecule has 0 spiro atoms. The maximum absolute atomic E-state index is 14.1. The Morgan fingerprint density at radius 3 is 2.31 bits per heavy atom. The van der Waals surface area contributed by atoms with Gasteiger partial charge in [-0.2, -0.15) is 0 Å². The van der Waals surface area contributed by atoms with Gasteiger partial charge >= 0.3 is 5.97 Å². The number of hydrogen-bond donors (Lipinski definition) is 7. The van der Waals surface area contributed by atoms with Gasteiger partial charge in [-0.05, 0) is 42.6 Å². The molecule has 14 heteroatoms. The molecular formula is C37H58Cl2N6O6.